The zero-order valence-corrected chi connectivity index (χ0v) is 18.4. The van der Waals surface area contributed by atoms with E-state index in [1.165, 1.54) is 11.4 Å². The van der Waals surface area contributed by atoms with Gasteiger partial charge in [-0.25, -0.2) is 8.42 Å². The Kier molecular flexibility index (Phi) is 5.93. The smallest absolute Gasteiger partial charge is 0.251 e. The van der Waals surface area contributed by atoms with Gasteiger partial charge < -0.3 is 10.1 Å². The van der Waals surface area contributed by atoms with E-state index in [1.54, 1.807) is 42.6 Å². The number of aromatic nitrogens is 1. The Labute approximate surface area is 182 Å². The molecule has 7 nitrogen and oxygen atoms in total. The summed E-state index contributed by atoms with van der Waals surface area (Å²) < 4.78 is 33.5. The van der Waals surface area contributed by atoms with Crippen molar-refractivity contribution in [3.05, 3.63) is 65.9 Å². The number of methoxy groups -OCH3 is 1. The molecule has 0 unspecified atom stereocenters. The highest BCUT2D eigenvalue weighted by molar-refractivity contribution is 7.89. The fourth-order valence-electron chi connectivity index (χ4n) is 3.86. The lowest BCUT2D eigenvalue weighted by Crippen LogP contribution is -2.46. The monoisotopic (exact) mass is 439 g/mol. The van der Waals surface area contributed by atoms with Gasteiger partial charge >= 0.3 is 0 Å². The molecule has 1 aromatic heterocycles. The largest absolute Gasteiger partial charge is 0.494 e. The topological polar surface area (TPSA) is 88.6 Å². The first-order valence-electron chi connectivity index (χ1n) is 10.2. The minimum atomic E-state index is -3.70. The van der Waals surface area contributed by atoms with Gasteiger partial charge in [-0.2, -0.15) is 4.31 Å². The second-order valence-electron chi connectivity index (χ2n) is 7.68. The first kappa shape index (κ1) is 21.3. The predicted octanol–water partition coefficient (Wildman–Crippen LogP) is 3.13. The van der Waals surface area contributed by atoms with Gasteiger partial charge in [0.15, 0.2) is 0 Å². The maximum absolute atomic E-state index is 13.4. The highest BCUT2D eigenvalue weighted by atomic mass is 32.2. The van der Waals surface area contributed by atoms with Crippen LogP contribution in [0.2, 0.25) is 0 Å². The number of carbonyl (C=O) groups excluding carboxylic acids is 1. The Morgan fingerprint density at radius 2 is 1.81 bits per heavy atom. The highest BCUT2D eigenvalue weighted by Gasteiger charge is 2.31. The van der Waals surface area contributed by atoms with E-state index in [9.17, 15) is 13.2 Å². The summed E-state index contributed by atoms with van der Waals surface area (Å²) in [5.41, 5.74) is 2.22. The molecule has 1 aliphatic heterocycles. The Morgan fingerprint density at radius 3 is 2.48 bits per heavy atom. The number of rotatable bonds is 5. The number of piperidine rings is 1. The minimum Gasteiger partial charge on any atom is -0.494 e. The summed E-state index contributed by atoms with van der Waals surface area (Å²) in [6.07, 6.45) is 2.73. The van der Waals surface area contributed by atoms with E-state index < -0.39 is 10.0 Å². The molecule has 1 fully saturated rings. The molecule has 1 aliphatic rings. The maximum Gasteiger partial charge on any atom is 0.251 e. The van der Waals surface area contributed by atoms with E-state index in [1.807, 2.05) is 19.1 Å². The number of hydrogen-bond acceptors (Lipinski definition) is 5. The lowest BCUT2D eigenvalue weighted by Gasteiger charge is -2.32. The lowest BCUT2D eigenvalue weighted by atomic mass is 10.1. The van der Waals surface area contributed by atoms with Crippen LogP contribution in [0.5, 0.6) is 5.75 Å². The molecule has 2 aromatic carbocycles. The van der Waals surface area contributed by atoms with E-state index in [0.29, 0.717) is 48.1 Å². The number of nitrogens with one attached hydrogen (secondary N) is 1. The number of benzene rings is 2. The van der Waals surface area contributed by atoms with Crippen LogP contribution >= 0.6 is 0 Å². The van der Waals surface area contributed by atoms with Crippen LogP contribution in [0.25, 0.3) is 10.9 Å². The molecule has 0 aliphatic carbocycles. The first-order valence-corrected chi connectivity index (χ1v) is 11.6. The van der Waals surface area contributed by atoms with Gasteiger partial charge in [0.1, 0.15) is 11.3 Å². The van der Waals surface area contributed by atoms with Gasteiger partial charge in [-0.15, -0.1) is 0 Å². The Balaban J connectivity index is 1.48. The Morgan fingerprint density at radius 1 is 1.10 bits per heavy atom. The third-order valence-corrected chi connectivity index (χ3v) is 7.59. The van der Waals surface area contributed by atoms with Crippen molar-refractivity contribution in [3.63, 3.8) is 0 Å². The van der Waals surface area contributed by atoms with Crippen molar-refractivity contribution in [3.8, 4) is 5.75 Å². The van der Waals surface area contributed by atoms with E-state index in [4.69, 9.17) is 4.74 Å². The molecule has 3 aromatic rings. The van der Waals surface area contributed by atoms with E-state index >= 15 is 0 Å². The van der Waals surface area contributed by atoms with Crippen LogP contribution in [0.1, 0.15) is 28.8 Å². The van der Waals surface area contributed by atoms with Crippen LogP contribution < -0.4 is 10.1 Å². The Bertz CT molecular complexity index is 1200. The zero-order valence-electron chi connectivity index (χ0n) is 17.5. The van der Waals surface area contributed by atoms with Gasteiger partial charge in [-0.3, -0.25) is 9.78 Å². The minimum absolute atomic E-state index is 0.0606. The van der Waals surface area contributed by atoms with Crippen molar-refractivity contribution in [1.29, 1.82) is 0 Å². The quantitative estimate of drug-likeness (QED) is 0.660. The summed E-state index contributed by atoms with van der Waals surface area (Å²) in [4.78, 5) is 17.0. The second-order valence-corrected chi connectivity index (χ2v) is 9.59. The molecule has 1 amide bonds. The van der Waals surface area contributed by atoms with Gasteiger partial charge in [0, 0.05) is 36.3 Å². The number of ether oxygens (including phenoxy) is 1. The zero-order chi connectivity index (χ0) is 22.0. The van der Waals surface area contributed by atoms with Gasteiger partial charge in [0.25, 0.3) is 5.91 Å². The standard InChI is InChI=1S/C23H25N3O4S/c1-16-5-7-17(8-6-16)23(27)25-18-11-14-26(15-12-18)31(28,29)21-10-9-20(30-2)22-19(21)4-3-13-24-22/h3-10,13,18H,11-12,14-15H2,1-2H3,(H,25,27). The molecule has 4 rings (SSSR count). The predicted molar refractivity (Wildman–Crippen MR) is 119 cm³/mol. The molecular weight excluding hydrogens is 414 g/mol. The van der Waals surface area contributed by atoms with Crippen molar-refractivity contribution >= 4 is 26.8 Å². The molecule has 0 radical (unpaired) electrons. The van der Waals surface area contributed by atoms with E-state index in [2.05, 4.69) is 10.3 Å². The van der Waals surface area contributed by atoms with Crippen LogP contribution in [0.4, 0.5) is 0 Å². The number of hydrogen-bond donors (Lipinski definition) is 1. The summed E-state index contributed by atoms with van der Waals surface area (Å²) >= 11 is 0. The number of amides is 1. The average Bonchev–Trinajstić information content (AvgIpc) is 2.79. The van der Waals surface area contributed by atoms with Crippen LogP contribution in [0.3, 0.4) is 0 Å². The number of aryl methyl sites for hydroxylation is 1. The average molecular weight is 440 g/mol. The number of carbonyl (C=O) groups is 1. The Hall–Kier alpha value is -2.97. The summed E-state index contributed by atoms with van der Waals surface area (Å²) in [6, 6.07) is 14.0. The van der Waals surface area contributed by atoms with Crippen molar-refractivity contribution in [2.75, 3.05) is 20.2 Å². The summed E-state index contributed by atoms with van der Waals surface area (Å²) in [5.74, 6) is 0.403. The summed E-state index contributed by atoms with van der Waals surface area (Å²) in [7, 11) is -2.16. The molecule has 31 heavy (non-hydrogen) atoms. The fraction of sp³-hybridized carbons (Fsp3) is 0.304. The molecule has 0 bridgehead atoms. The fourth-order valence-corrected chi connectivity index (χ4v) is 5.52. The molecule has 0 atom stereocenters. The van der Waals surface area contributed by atoms with Crippen LogP contribution in [0, 0.1) is 6.92 Å². The van der Waals surface area contributed by atoms with Crippen molar-refractivity contribution in [1.82, 2.24) is 14.6 Å². The lowest BCUT2D eigenvalue weighted by molar-refractivity contribution is 0.0924. The number of nitrogens with zero attached hydrogens (tertiary/aromatic N) is 2. The third-order valence-electron chi connectivity index (χ3n) is 5.63. The third kappa shape index (κ3) is 4.26. The number of pyridine rings is 1. The maximum atomic E-state index is 13.4. The molecule has 1 saturated heterocycles. The van der Waals surface area contributed by atoms with E-state index in [-0.39, 0.29) is 16.8 Å². The van der Waals surface area contributed by atoms with Gasteiger partial charge in [-0.05, 0) is 56.2 Å². The molecule has 0 spiro atoms. The number of fused-ring (bicyclic) bond motifs is 1. The normalized spacial score (nSPS) is 15.7. The second kappa shape index (κ2) is 8.64. The van der Waals surface area contributed by atoms with Crippen molar-refractivity contribution < 1.29 is 17.9 Å². The van der Waals surface area contributed by atoms with Crippen LogP contribution in [-0.4, -0.2) is 49.9 Å². The highest BCUT2D eigenvalue weighted by Crippen LogP contribution is 2.31. The molecule has 2 heterocycles. The van der Waals surface area contributed by atoms with Crippen molar-refractivity contribution in [2.45, 2.75) is 30.7 Å². The number of sulfonamides is 1. The summed E-state index contributed by atoms with van der Waals surface area (Å²) in [5, 5.41) is 3.56. The SMILES string of the molecule is COc1ccc(S(=O)(=O)N2CCC(NC(=O)c3ccc(C)cc3)CC2)c2cccnc12. The molecule has 0 saturated carbocycles. The molecular formula is C23H25N3O4S. The van der Waals surface area contributed by atoms with E-state index in [0.717, 1.165) is 5.56 Å². The first-order chi connectivity index (χ1) is 14.9. The molecule has 162 valence electrons. The summed E-state index contributed by atoms with van der Waals surface area (Å²) in [6.45, 7) is 2.66. The van der Waals surface area contributed by atoms with Crippen LogP contribution in [0.15, 0.2) is 59.6 Å². The van der Waals surface area contributed by atoms with Crippen LogP contribution in [-0.2, 0) is 10.0 Å². The van der Waals surface area contributed by atoms with Gasteiger partial charge in [0.05, 0.1) is 12.0 Å². The van der Waals surface area contributed by atoms with Gasteiger partial charge in [-0.1, -0.05) is 17.7 Å². The molecule has 8 heteroatoms. The van der Waals surface area contributed by atoms with Gasteiger partial charge in [0.2, 0.25) is 10.0 Å². The van der Waals surface area contributed by atoms with Crippen molar-refractivity contribution in [2.24, 2.45) is 0 Å². The molecule has 1 N–H and O–H groups in total.